The van der Waals surface area contributed by atoms with Crippen molar-refractivity contribution in [2.45, 2.75) is 64.3 Å². The van der Waals surface area contributed by atoms with Crippen LogP contribution >= 0.6 is 11.3 Å². The van der Waals surface area contributed by atoms with Gasteiger partial charge in [0.1, 0.15) is 0 Å². The highest BCUT2D eigenvalue weighted by molar-refractivity contribution is 7.87. The van der Waals surface area contributed by atoms with Gasteiger partial charge < -0.3 is 0 Å². The van der Waals surface area contributed by atoms with Crippen LogP contribution < -0.4 is 4.72 Å². The summed E-state index contributed by atoms with van der Waals surface area (Å²) in [5, 5.41) is 1.18. The first-order valence-corrected chi connectivity index (χ1v) is 10.4. The Kier molecular flexibility index (Phi) is 4.87. The Morgan fingerprint density at radius 2 is 1.77 bits per heavy atom. The molecule has 1 aliphatic carbocycles. The van der Waals surface area contributed by atoms with Crippen molar-refractivity contribution in [3.63, 3.8) is 0 Å². The predicted molar refractivity (Wildman–Crippen MR) is 89.4 cm³/mol. The zero-order valence-electron chi connectivity index (χ0n) is 13.3. The van der Waals surface area contributed by atoms with E-state index in [1.807, 2.05) is 6.92 Å². The van der Waals surface area contributed by atoms with E-state index < -0.39 is 10.2 Å². The fourth-order valence-electron chi connectivity index (χ4n) is 3.34. The van der Waals surface area contributed by atoms with Crippen molar-refractivity contribution < 1.29 is 8.42 Å². The Morgan fingerprint density at radius 3 is 2.32 bits per heavy atom. The maximum absolute atomic E-state index is 12.4. The van der Waals surface area contributed by atoms with Gasteiger partial charge in [-0.25, -0.2) is 4.98 Å². The summed E-state index contributed by atoms with van der Waals surface area (Å²) in [7, 11) is -3.31. The summed E-state index contributed by atoms with van der Waals surface area (Å²) < 4.78 is 29.4. The van der Waals surface area contributed by atoms with Gasteiger partial charge in [-0.15, -0.1) is 11.3 Å². The molecule has 1 aromatic heterocycles. The molecule has 1 saturated heterocycles. The van der Waals surface area contributed by atoms with Crippen LogP contribution in [-0.2, 0) is 10.2 Å². The van der Waals surface area contributed by atoms with Gasteiger partial charge in [0.15, 0.2) is 0 Å². The minimum atomic E-state index is -3.31. The highest BCUT2D eigenvalue weighted by Gasteiger charge is 2.32. The van der Waals surface area contributed by atoms with E-state index >= 15 is 0 Å². The lowest BCUT2D eigenvalue weighted by Gasteiger charge is -2.31. The van der Waals surface area contributed by atoms with Crippen molar-refractivity contribution in [3.05, 3.63) is 15.6 Å². The van der Waals surface area contributed by atoms with Gasteiger partial charge >= 0.3 is 0 Å². The number of nitrogens with one attached hydrogen (secondary N) is 1. The summed E-state index contributed by atoms with van der Waals surface area (Å²) in [5.74, 6) is 0.412. The van der Waals surface area contributed by atoms with E-state index in [9.17, 15) is 8.42 Å². The van der Waals surface area contributed by atoms with Crippen LogP contribution in [0.4, 0.5) is 0 Å². The number of aromatic nitrogens is 1. The SMILES string of the molecule is Cc1nc(C2CCN(S(=O)(=O)NC3CCCC3)CC2)sc1C. The third-order valence-corrected chi connectivity index (χ3v) is 7.77. The number of rotatable bonds is 4. The van der Waals surface area contributed by atoms with Crippen molar-refractivity contribution in [1.82, 2.24) is 14.0 Å². The molecule has 0 aromatic carbocycles. The zero-order chi connectivity index (χ0) is 15.7. The van der Waals surface area contributed by atoms with E-state index in [4.69, 9.17) is 0 Å². The van der Waals surface area contributed by atoms with Crippen LogP contribution in [0.3, 0.4) is 0 Å². The van der Waals surface area contributed by atoms with E-state index in [1.54, 1.807) is 15.6 Å². The van der Waals surface area contributed by atoms with Crippen LogP contribution in [0.1, 0.15) is 60.0 Å². The Balaban J connectivity index is 1.58. The van der Waals surface area contributed by atoms with Crippen LogP contribution in [0.25, 0.3) is 0 Å². The van der Waals surface area contributed by atoms with Crippen molar-refractivity contribution >= 4 is 21.5 Å². The van der Waals surface area contributed by atoms with Gasteiger partial charge in [0.05, 0.1) is 10.7 Å². The molecule has 0 unspecified atom stereocenters. The first-order chi connectivity index (χ1) is 10.5. The van der Waals surface area contributed by atoms with Gasteiger partial charge in [-0.2, -0.15) is 17.4 Å². The van der Waals surface area contributed by atoms with Crippen molar-refractivity contribution in [1.29, 1.82) is 0 Å². The maximum Gasteiger partial charge on any atom is 0.279 e. The van der Waals surface area contributed by atoms with Crippen LogP contribution in [-0.4, -0.2) is 36.8 Å². The second kappa shape index (κ2) is 6.55. The highest BCUT2D eigenvalue weighted by Crippen LogP contribution is 2.33. The van der Waals surface area contributed by atoms with Crippen molar-refractivity contribution in [2.24, 2.45) is 0 Å². The summed E-state index contributed by atoms with van der Waals surface area (Å²) >= 11 is 1.76. The van der Waals surface area contributed by atoms with Gasteiger partial charge in [-0.1, -0.05) is 12.8 Å². The van der Waals surface area contributed by atoms with E-state index in [2.05, 4.69) is 16.6 Å². The van der Waals surface area contributed by atoms with Crippen LogP contribution in [0.15, 0.2) is 0 Å². The zero-order valence-corrected chi connectivity index (χ0v) is 15.0. The summed E-state index contributed by atoms with van der Waals surface area (Å²) in [6, 6.07) is 0.145. The minimum Gasteiger partial charge on any atom is -0.246 e. The molecule has 2 fully saturated rings. The molecule has 5 nitrogen and oxygen atoms in total. The Bertz CT molecular complexity index is 593. The summed E-state index contributed by atoms with van der Waals surface area (Å²) in [5.41, 5.74) is 1.11. The molecule has 0 atom stereocenters. The molecular weight excluding hydrogens is 318 g/mol. The molecule has 0 spiro atoms. The third kappa shape index (κ3) is 3.53. The molecule has 1 aliphatic heterocycles. The number of aryl methyl sites for hydroxylation is 2. The number of hydrogen-bond acceptors (Lipinski definition) is 4. The van der Waals surface area contributed by atoms with Crippen LogP contribution in [0, 0.1) is 13.8 Å². The molecule has 124 valence electrons. The van der Waals surface area contributed by atoms with Gasteiger partial charge in [-0.3, -0.25) is 0 Å². The Labute approximate surface area is 137 Å². The molecule has 1 saturated carbocycles. The first-order valence-electron chi connectivity index (χ1n) is 8.17. The van der Waals surface area contributed by atoms with Crippen molar-refractivity contribution in [2.75, 3.05) is 13.1 Å². The van der Waals surface area contributed by atoms with Gasteiger partial charge in [0.2, 0.25) is 0 Å². The lowest BCUT2D eigenvalue weighted by molar-refractivity contribution is 0.313. The molecule has 0 radical (unpaired) electrons. The number of thiazole rings is 1. The second-order valence-electron chi connectivity index (χ2n) is 6.47. The molecule has 0 amide bonds. The fraction of sp³-hybridized carbons (Fsp3) is 0.800. The molecule has 0 bridgehead atoms. The second-order valence-corrected chi connectivity index (χ2v) is 9.41. The standard InChI is InChI=1S/C15H25N3O2S2/c1-11-12(2)21-15(16-11)13-7-9-18(10-8-13)22(19,20)17-14-5-3-4-6-14/h13-14,17H,3-10H2,1-2H3. The van der Waals surface area contributed by atoms with E-state index in [0.29, 0.717) is 19.0 Å². The summed E-state index contributed by atoms with van der Waals surface area (Å²) in [6.07, 6.45) is 5.98. The lowest BCUT2D eigenvalue weighted by atomic mass is 9.99. The molecule has 1 aromatic rings. The smallest absolute Gasteiger partial charge is 0.246 e. The topological polar surface area (TPSA) is 62.3 Å². The van der Waals surface area contributed by atoms with Crippen molar-refractivity contribution in [3.8, 4) is 0 Å². The quantitative estimate of drug-likeness (QED) is 0.914. The normalized spacial score (nSPS) is 22.5. The molecular formula is C15H25N3O2S2. The highest BCUT2D eigenvalue weighted by atomic mass is 32.2. The number of hydrogen-bond donors (Lipinski definition) is 1. The molecule has 1 N–H and O–H groups in total. The van der Waals surface area contributed by atoms with E-state index in [0.717, 1.165) is 44.2 Å². The average molecular weight is 344 g/mol. The molecule has 22 heavy (non-hydrogen) atoms. The summed E-state index contributed by atoms with van der Waals surface area (Å²) in [6.45, 7) is 5.34. The Hall–Kier alpha value is -0.500. The van der Waals surface area contributed by atoms with E-state index in [-0.39, 0.29) is 6.04 Å². The lowest BCUT2D eigenvalue weighted by Crippen LogP contribution is -2.47. The van der Waals surface area contributed by atoms with Gasteiger partial charge in [-0.05, 0) is 39.5 Å². The van der Waals surface area contributed by atoms with Crippen LogP contribution in [0.2, 0.25) is 0 Å². The monoisotopic (exact) mass is 343 g/mol. The minimum absolute atomic E-state index is 0.145. The largest absolute Gasteiger partial charge is 0.279 e. The number of piperidine rings is 1. The maximum atomic E-state index is 12.4. The molecule has 7 heteroatoms. The Morgan fingerprint density at radius 1 is 1.14 bits per heavy atom. The third-order valence-electron chi connectivity index (χ3n) is 4.86. The fourth-order valence-corrected chi connectivity index (χ4v) is 5.93. The van der Waals surface area contributed by atoms with Crippen LogP contribution in [0.5, 0.6) is 0 Å². The first kappa shape index (κ1) is 16.4. The van der Waals surface area contributed by atoms with E-state index in [1.165, 1.54) is 9.88 Å². The van der Waals surface area contributed by atoms with Gasteiger partial charge in [0.25, 0.3) is 10.2 Å². The molecule has 3 rings (SSSR count). The number of nitrogens with zero attached hydrogens (tertiary/aromatic N) is 2. The van der Waals surface area contributed by atoms with Gasteiger partial charge in [0, 0.05) is 29.9 Å². The average Bonchev–Trinajstić information content (AvgIpc) is 3.09. The molecule has 2 heterocycles. The predicted octanol–water partition coefficient (Wildman–Crippen LogP) is 2.72. The molecule has 2 aliphatic rings. The summed E-state index contributed by atoms with van der Waals surface area (Å²) in [4.78, 5) is 5.91.